The number of ether oxygens (including phenoxy) is 2. The van der Waals surface area contributed by atoms with Crippen LogP contribution in [0.3, 0.4) is 0 Å². The molecule has 1 unspecified atom stereocenters. The monoisotopic (exact) mass is 235 g/mol. The predicted octanol–water partition coefficient (Wildman–Crippen LogP) is 2.76. The minimum Gasteiger partial charge on any atom is -0.497 e. The second-order valence-electron chi connectivity index (χ2n) is 4.63. The van der Waals surface area contributed by atoms with Crippen LogP contribution < -0.4 is 14.8 Å². The van der Waals surface area contributed by atoms with E-state index in [1.165, 1.54) is 24.8 Å². The lowest BCUT2D eigenvalue weighted by Gasteiger charge is -2.19. The van der Waals surface area contributed by atoms with E-state index in [-0.39, 0.29) is 0 Å². The highest BCUT2D eigenvalue weighted by Crippen LogP contribution is 2.40. The summed E-state index contributed by atoms with van der Waals surface area (Å²) in [5.41, 5.74) is 1.22. The van der Waals surface area contributed by atoms with E-state index in [1.807, 2.05) is 19.2 Å². The largest absolute Gasteiger partial charge is 0.497 e. The van der Waals surface area contributed by atoms with Crippen molar-refractivity contribution in [1.29, 1.82) is 0 Å². The number of nitrogens with one attached hydrogen (secondary N) is 1. The number of rotatable bonds is 6. The fraction of sp³-hybridized carbons (Fsp3) is 0.571. The van der Waals surface area contributed by atoms with E-state index in [9.17, 15) is 0 Å². The Morgan fingerprint density at radius 1 is 1.29 bits per heavy atom. The first-order valence-corrected chi connectivity index (χ1v) is 6.17. The minimum absolute atomic E-state index is 0.378. The molecule has 1 N–H and O–H groups in total. The third-order valence-electron chi connectivity index (χ3n) is 3.43. The molecule has 1 aliphatic carbocycles. The number of hydrogen-bond acceptors (Lipinski definition) is 3. The molecule has 0 saturated heterocycles. The van der Waals surface area contributed by atoms with Crippen molar-refractivity contribution in [1.82, 2.24) is 5.32 Å². The summed E-state index contributed by atoms with van der Waals surface area (Å²) in [6.07, 6.45) is 3.94. The first-order chi connectivity index (χ1) is 8.28. The lowest BCUT2D eigenvalue weighted by molar-refractivity contribution is 0.382. The highest BCUT2D eigenvalue weighted by Gasteiger charge is 2.27. The van der Waals surface area contributed by atoms with Gasteiger partial charge in [-0.3, -0.25) is 0 Å². The summed E-state index contributed by atoms with van der Waals surface area (Å²) in [7, 11) is 5.40. The average molecular weight is 235 g/mol. The zero-order valence-electron chi connectivity index (χ0n) is 10.8. The molecule has 1 aliphatic rings. The maximum atomic E-state index is 5.45. The van der Waals surface area contributed by atoms with E-state index in [1.54, 1.807) is 14.2 Å². The van der Waals surface area contributed by atoms with E-state index in [0.29, 0.717) is 6.04 Å². The molecule has 0 spiro atoms. The van der Waals surface area contributed by atoms with E-state index >= 15 is 0 Å². The van der Waals surface area contributed by atoms with Gasteiger partial charge in [0.2, 0.25) is 0 Å². The fourth-order valence-corrected chi connectivity index (χ4v) is 2.19. The van der Waals surface area contributed by atoms with Crippen molar-refractivity contribution in [2.75, 3.05) is 21.3 Å². The third kappa shape index (κ3) is 2.91. The topological polar surface area (TPSA) is 30.5 Å². The van der Waals surface area contributed by atoms with Gasteiger partial charge < -0.3 is 14.8 Å². The van der Waals surface area contributed by atoms with Crippen LogP contribution in [0.15, 0.2) is 18.2 Å². The normalized spacial score (nSPS) is 16.6. The lowest BCUT2D eigenvalue weighted by Crippen LogP contribution is -2.17. The van der Waals surface area contributed by atoms with Crippen LogP contribution in [0.4, 0.5) is 0 Å². The molecular formula is C14H21NO2. The summed E-state index contributed by atoms with van der Waals surface area (Å²) in [6, 6.07) is 6.42. The Morgan fingerprint density at radius 2 is 2.06 bits per heavy atom. The number of benzene rings is 1. The fourth-order valence-electron chi connectivity index (χ4n) is 2.19. The molecule has 0 aromatic heterocycles. The van der Waals surface area contributed by atoms with E-state index in [0.717, 1.165) is 17.4 Å². The lowest BCUT2D eigenvalue weighted by atomic mass is 10.00. The molecular weight excluding hydrogens is 214 g/mol. The van der Waals surface area contributed by atoms with Gasteiger partial charge in [-0.25, -0.2) is 0 Å². The molecule has 1 saturated carbocycles. The van der Waals surface area contributed by atoms with Gasteiger partial charge in [0.15, 0.2) is 0 Å². The second kappa shape index (κ2) is 5.41. The maximum Gasteiger partial charge on any atom is 0.127 e. The van der Waals surface area contributed by atoms with Crippen molar-refractivity contribution in [3.05, 3.63) is 23.8 Å². The molecule has 2 rings (SSSR count). The Hall–Kier alpha value is -1.22. The van der Waals surface area contributed by atoms with E-state index in [4.69, 9.17) is 9.47 Å². The van der Waals surface area contributed by atoms with Gasteiger partial charge in [-0.15, -0.1) is 0 Å². The number of hydrogen-bond donors (Lipinski definition) is 1. The maximum absolute atomic E-state index is 5.45. The van der Waals surface area contributed by atoms with Crippen LogP contribution in [0.25, 0.3) is 0 Å². The van der Waals surface area contributed by atoms with Gasteiger partial charge in [0, 0.05) is 17.7 Å². The summed E-state index contributed by atoms with van der Waals surface area (Å²) in [5.74, 6) is 2.63. The molecule has 3 heteroatoms. The molecule has 1 aromatic rings. The SMILES string of the molecule is CNC(CC1CC1)c1ccc(OC)cc1OC. The highest BCUT2D eigenvalue weighted by atomic mass is 16.5. The van der Waals surface area contributed by atoms with Gasteiger partial charge in [-0.1, -0.05) is 18.9 Å². The Balaban J connectivity index is 2.21. The van der Waals surface area contributed by atoms with Crippen LogP contribution in [0.2, 0.25) is 0 Å². The molecule has 94 valence electrons. The molecule has 0 heterocycles. The molecule has 1 aromatic carbocycles. The summed E-state index contributed by atoms with van der Waals surface area (Å²) in [6.45, 7) is 0. The Kier molecular flexibility index (Phi) is 3.89. The molecule has 0 aliphatic heterocycles. The van der Waals surface area contributed by atoms with E-state index < -0.39 is 0 Å². The first kappa shape index (κ1) is 12.2. The van der Waals surface area contributed by atoms with Crippen LogP contribution in [0.1, 0.15) is 30.9 Å². The van der Waals surface area contributed by atoms with E-state index in [2.05, 4.69) is 11.4 Å². The van der Waals surface area contributed by atoms with Gasteiger partial charge in [0.05, 0.1) is 14.2 Å². The standard InChI is InChI=1S/C14H21NO2/c1-15-13(8-10-4-5-10)12-7-6-11(16-2)9-14(12)17-3/h6-7,9-10,13,15H,4-5,8H2,1-3H3. The van der Waals surface area contributed by atoms with Gasteiger partial charge >= 0.3 is 0 Å². The van der Waals surface area contributed by atoms with Crippen LogP contribution in [0, 0.1) is 5.92 Å². The quantitative estimate of drug-likeness (QED) is 0.822. The van der Waals surface area contributed by atoms with Gasteiger partial charge in [0.25, 0.3) is 0 Å². The predicted molar refractivity (Wildman–Crippen MR) is 68.7 cm³/mol. The van der Waals surface area contributed by atoms with Crippen LogP contribution >= 0.6 is 0 Å². The molecule has 0 bridgehead atoms. The van der Waals surface area contributed by atoms with Crippen molar-refractivity contribution in [2.24, 2.45) is 5.92 Å². The summed E-state index contributed by atoms with van der Waals surface area (Å²) < 4.78 is 10.7. The van der Waals surface area contributed by atoms with Gasteiger partial charge in [-0.2, -0.15) is 0 Å². The zero-order chi connectivity index (χ0) is 12.3. The Morgan fingerprint density at radius 3 is 2.59 bits per heavy atom. The number of methoxy groups -OCH3 is 2. The van der Waals surface area contributed by atoms with Crippen LogP contribution in [0.5, 0.6) is 11.5 Å². The van der Waals surface area contributed by atoms with Crippen molar-refractivity contribution >= 4 is 0 Å². The Labute approximate surface area is 103 Å². The second-order valence-corrected chi connectivity index (χ2v) is 4.63. The van der Waals surface area contributed by atoms with Gasteiger partial charge in [-0.05, 0) is 25.5 Å². The molecule has 17 heavy (non-hydrogen) atoms. The minimum atomic E-state index is 0.378. The van der Waals surface area contributed by atoms with Crippen LogP contribution in [-0.4, -0.2) is 21.3 Å². The van der Waals surface area contributed by atoms with Crippen molar-refractivity contribution in [3.8, 4) is 11.5 Å². The Bertz CT molecular complexity index is 374. The van der Waals surface area contributed by atoms with Crippen molar-refractivity contribution < 1.29 is 9.47 Å². The smallest absolute Gasteiger partial charge is 0.127 e. The molecule has 1 fully saturated rings. The van der Waals surface area contributed by atoms with Crippen molar-refractivity contribution in [2.45, 2.75) is 25.3 Å². The third-order valence-corrected chi connectivity index (χ3v) is 3.43. The zero-order valence-corrected chi connectivity index (χ0v) is 10.8. The van der Waals surface area contributed by atoms with Gasteiger partial charge in [0.1, 0.15) is 11.5 Å². The molecule has 0 amide bonds. The van der Waals surface area contributed by atoms with Crippen LogP contribution in [-0.2, 0) is 0 Å². The highest BCUT2D eigenvalue weighted by molar-refractivity contribution is 5.42. The molecule has 0 radical (unpaired) electrons. The summed E-state index contributed by atoms with van der Waals surface area (Å²) in [4.78, 5) is 0. The molecule has 1 atom stereocenters. The molecule has 3 nitrogen and oxygen atoms in total. The summed E-state index contributed by atoms with van der Waals surface area (Å²) in [5, 5.41) is 3.38. The average Bonchev–Trinajstić information content (AvgIpc) is 3.19. The summed E-state index contributed by atoms with van der Waals surface area (Å²) >= 11 is 0. The first-order valence-electron chi connectivity index (χ1n) is 6.17. The van der Waals surface area contributed by atoms with Crippen molar-refractivity contribution in [3.63, 3.8) is 0 Å².